The third-order valence-electron chi connectivity index (χ3n) is 4.39. The minimum absolute atomic E-state index is 0.169. The largest absolute Gasteiger partial charge is 0.497 e. The van der Waals surface area contributed by atoms with Gasteiger partial charge in [0.15, 0.2) is 0 Å². The van der Waals surface area contributed by atoms with E-state index in [1.165, 1.54) is 0 Å². The topological polar surface area (TPSA) is 63.4 Å². The number of aliphatic hydroxyl groups excluding tert-OH is 1. The number of likely N-dealkylation sites (tertiary alicyclic amines) is 1. The van der Waals surface area contributed by atoms with Gasteiger partial charge in [0.25, 0.3) is 0 Å². The van der Waals surface area contributed by atoms with Crippen LogP contribution in [0.1, 0.15) is 29.7 Å². The van der Waals surface area contributed by atoms with E-state index in [1.807, 2.05) is 36.7 Å². The zero-order chi connectivity index (χ0) is 15.7. The molecule has 6 nitrogen and oxygen atoms in total. The van der Waals surface area contributed by atoms with Crippen molar-refractivity contribution in [1.82, 2.24) is 19.7 Å². The van der Waals surface area contributed by atoms with Gasteiger partial charge in [0, 0.05) is 19.6 Å². The second-order valence-electron chi connectivity index (χ2n) is 5.83. The number of benzene rings is 1. The normalized spacial score (nSPS) is 22.2. The average molecular weight is 302 g/mol. The second kappa shape index (κ2) is 6.06. The lowest BCUT2D eigenvalue weighted by atomic mass is 10.0. The van der Waals surface area contributed by atoms with E-state index in [0.717, 1.165) is 29.4 Å². The van der Waals surface area contributed by atoms with E-state index in [4.69, 9.17) is 4.74 Å². The Balaban J connectivity index is 1.84. The fourth-order valence-corrected chi connectivity index (χ4v) is 3.02. The molecule has 2 atom stereocenters. The lowest BCUT2D eigenvalue weighted by Crippen LogP contribution is -2.26. The molecule has 0 radical (unpaired) electrons. The summed E-state index contributed by atoms with van der Waals surface area (Å²) >= 11 is 0. The lowest BCUT2D eigenvalue weighted by Gasteiger charge is -2.24. The van der Waals surface area contributed by atoms with Gasteiger partial charge in [-0.1, -0.05) is 12.1 Å². The number of hydrogen-bond acceptors (Lipinski definition) is 5. The van der Waals surface area contributed by atoms with Gasteiger partial charge in [-0.15, -0.1) is 10.2 Å². The molecule has 0 aliphatic carbocycles. The number of β-amino-alcohol motifs (C(OH)–C–C–N with tert-alkyl or cyclic N) is 1. The maximum absolute atomic E-state index is 10.1. The third-order valence-corrected chi connectivity index (χ3v) is 4.39. The van der Waals surface area contributed by atoms with Crippen LogP contribution in [0.4, 0.5) is 0 Å². The van der Waals surface area contributed by atoms with Crippen LogP contribution in [0.25, 0.3) is 0 Å². The van der Waals surface area contributed by atoms with E-state index in [1.54, 1.807) is 7.11 Å². The van der Waals surface area contributed by atoms with Crippen molar-refractivity contribution in [3.05, 3.63) is 41.5 Å². The van der Waals surface area contributed by atoms with Crippen molar-refractivity contribution in [2.45, 2.75) is 32.0 Å². The van der Waals surface area contributed by atoms with Crippen molar-refractivity contribution in [3.63, 3.8) is 0 Å². The summed E-state index contributed by atoms with van der Waals surface area (Å²) in [4.78, 5) is 2.25. The van der Waals surface area contributed by atoms with Gasteiger partial charge in [-0.2, -0.15) is 0 Å². The van der Waals surface area contributed by atoms with Gasteiger partial charge in [0.2, 0.25) is 0 Å². The average Bonchev–Trinajstić information content (AvgIpc) is 3.04. The number of aliphatic hydroxyl groups is 1. The zero-order valence-electron chi connectivity index (χ0n) is 13.2. The maximum Gasteiger partial charge on any atom is 0.146 e. The van der Waals surface area contributed by atoms with Gasteiger partial charge in [-0.05, 0) is 31.0 Å². The molecule has 0 spiro atoms. The molecule has 2 heterocycles. The van der Waals surface area contributed by atoms with Gasteiger partial charge in [0.05, 0.1) is 19.8 Å². The predicted octanol–water partition coefficient (Wildman–Crippen LogP) is 1.44. The molecular weight excluding hydrogens is 280 g/mol. The van der Waals surface area contributed by atoms with Crippen molar-refractivity contribution < 1.29 is 9.84 Å². The van der Waals surface area contributed by atoms with Gasteiger partial charge in [-0.3, -0.25) is 4.90 Å². The first-order chi connectivity index (χ1) is 10.6. The van der Waals surface area contributed by atoms with E-state index in [2.05, 4.69) is 21.2 Å². The fraction of sp³-hybridized carbons (Fsp3) is 0.500. The summed E-state index contributed by atoms with van der Waals surface area (Å²) in [5, 5.41) is 18.4. The molecule has 1 aromatic heterocycles. The number of hydrogen-bond donors (Lipinski definition) is 1. The Bertz CT molecular complexity index is 655. The molecule has 0 amide bonds. The molecule has 1 N–H and O–H groups in total. The molecule has 1 fully saturated rings. The molecule has 0 unspecified atom stereocenters. The van der Waals surface area contributed by atoms with Crippen molar-refractivity contribution >= 4 is 0 Å². The Morgan fingerprint density at radius 1 is 1.36 bits per heavy atom. The first kappa shape index (κ1) is 15.0. The van der Waals surface area contributed by atoms with Gasteiger partial charge >= 0.3 is 0 Å². The molecule has 1 saturated heterocycles. The number of methoxy groups -OCH3 is 1. The molecule has 0 saturated carbocycles. The first-order valence-corrected chi connectivity index (χ1v) is 7.49. The number of aromatic nitrogens is 3. The quantitative estimate of drug-likeness (QED) is 0.926. The van der Waals surface area contributed by atoms with Gasteiger partial charge in [-0.25, -0.2) is 0 Å². The maximum atomic E-state index is 10.1. The third kappa shape index (κ3) is 2.84. The molecule has 118 valence electrons. The van der Waals surface area contributed by atoms with Crippen LogP contribution in [0.2, 0.25) is 0 Å². The predicted molar refractivity (Wildman–Crippen MR) is 82.5 cm³/mol. The summed E-state index contributed by atoms with van der Waals surface area (Å²) in [5.41, 5.74) is 1.16. The van der Waals surface area contributed by atoms with Crippen LogP contribution >= 0.6 is 0 Å². The SMILES string of the molecule is COc1cccc([C@H]2C[C@@H](O)CN2Cc2nnc(C)n2C)c1. The van der Waals surface area contributed by atoms with Crippen molar-refractivity contribution in [1.29, 1.82) is 0 Å². The number of ether oxygens (including phenoxy) is 1. The fourth-order valence-electron chi connectivity index (χ4n) is 3.02. The van der Waals surface area contributed by atoms with E-state index < -0.39 is 0 Å². The summed E-state index contributed by atoms with van der Waals surface area (Å²) < 4.78 is 7.30. The highest BCUT2D eigenvalue weighted by molar-refractivity contribution is 5.31. The molecule has 1 aliphatic heterocycles. The van der Waals surface area contributed by atoms with Crippen molar-refractivity contribution in [2.24, 2.45) is 7.05 Å². The second-order valence-corrected chi connectivity index (χ2v) is 5.83. The van der Waals surface area contributed by atoms with E-state index in [9.17, 15) is 5.11 Å². The lowest BCUT2D eigenvalue weighted by molar-refractivity contribution is 0.171. The molecule has 22 heavy (non-hydrogen) atoms. The molecule has 0 bridgehead atoms. The minimum atomic E-state index is -0.314. The Labute approximate surface area is 130 Å². The standard InChI is InChI=1S/C16H22N4O2/c1-11-17-18-16(19(11)2)10-20-9-13(21)8-15(20)12-5-4-6-14(7-12)22-3/h4-7,13,15,21H,8-10H2,1-3H3/t13-,15-/m1/s1. The highest BCUT2D eigenvalue weighted by Gasteiger charge is 2.33. The van der Waals surface area contributed by atoms with Gasteiger partial charge in [0.1, 0.15) is 17.4 Å². The molecule has 1 aromatic carbocycles. The van der Waals surface area contributed by atoms with E-state index in [-0.39, 0.29) is 12.1 Å². The summed E-state index contributed by atoms with van der Waals surface area (Å²) in [6.45, 7) is 3.26. The van der Waals surface area contributed by atoms with E-state index >= 15 is 0 Å². The van der Waals surface area contributed by atoms with Crippen molar-refractivity contribution in [3.8, 4) is 5.75 Å². The molecular formula is C16H22N4O2. The van der Waals surface area contributed by atoms with Crippen molar-refractivity contribution in [2.75, 3.05) is 13.7 Å². The highest BCUT2D eigenvalue weighted by atomic mass is 16.5. The molecule has 1 aliphatic rings. The van der Waals surface area contributed by atoms with Crippen LogP contribution in [-0.2, 0) is 13.6 Å². The number of aryl methyl sites for hydroxylation is 1. The molecule has 6 heteroatoms. The summed E-state index contributed by atoms with van der Waals surface area (Å²) in [7, 11) is 3.64. The molecule has 2 aromatic rings. The smallest absolute Gasteiger partial charge is 0.146 e. The van der Waals surface area contributed by atoms with Crippen LogP contribution in [-0.4, -0.2) is 44.5 Å². The van der Waals surface area contributed by atoms with Crippen LogP contribution in [0.15, 0.2) is 24.3 Å². The zero-order valence-corrected chi connectivity index (χ0v) is 13.2. The van der Waals surface area contributed by atoms with Crippen LogP contribution in [0.3, 0.4) is 0 Å². The highest BCUT2D eigenvalue weighted by Crippen LogP contribution is 2.34. The Hall–Kier alpha value is -1.92. The Morgan fingerprint density at radius 3 is 2.86 bits per heavy atom. The minimum Gasteiger partial charge on any atom is -0.497 e. The summed E-state index contributed by atoms with van der Waals surface area (Å²) in [6.07, 6.45) is 0.412. The summed E-state index contributed by atoms with van der Waals surface area (Å²) in [5.74, 6) is 2.65. The van der Waals surface area contributed by atoms with E-state index in [0.29, 0.717) is 13.1 Å². The summed E-state index contributed by atoms with van der Waals surface area (Å²) in [6, 6.07) is 8.22. The van der Waals surface area contributed by atoms with Crippen LogP contribution < -0.4 is 4.74 Å². The Kier molecular flexibility index (Phi) is 4.13. The van der Waals surface area contributed by atoms with Crippen LogP contribution in [0, 0.1) is 6.92 Å². The monoisotopic (exact) mass is 302 g/mol. The first-order valence-electron chi connectivity index (χ1n) is 7.49. The van der Waals surface area contributed by atoms with Crippen LogP contribution in [0.5, 0.6) is 5.75 Å². The van der Waals surface area contributed by atoms with Gasteiger partial charge < -0.3 is 14.4 Å². The Morgan fingerprint density at radius 2 is 2.18 bits per heavy atom. The number of nitrogens with zero attached hydrogens (tertiary/aromatic N) is 4. The molecule has 3 rings (SSSR count). The number of rotatable bonds is 4.